The van der Waals surface area contributed by atoms with E-state index in [-0.39, 0.29) is 26.0 Å². The summed E-state index contributed by atoms with van der Waals surface area (Å²) in [6.07, 6.45) is -0.186. The number of carboxylic acids is 1. The average molecular weight is 325 g/mol. The first kappa shape index (κ1) is 20.5. The van der Waals surface area contributed by atoms with Crippen molar-refractivity contribution in [3.8, 4) is 0 Å². The van der Waals surface area contributed by atoms with Crippen LogP contribution in [0.25, 0.3) is 0 Å². The van der Waals surface area contributed by atoms with Gasteiger partial charge in [-0.15, -0.1) is 0 Å². The Bertz CT molecular complexity index is 365. The van der Waals surface area contributed by atoms with Crippen molar-refractivity contribution in [3.05, 3.63) is 0 Å². The van der Waals surface area contributed by atoms with E-state index in [1.807, 2.05) is 0 Å². The highest BCUT2D eigenvalue weighted by molar-refractivity contribution is 7.53. The summed E-state index contributed by atoms with van der Waals surface area (Å²) in [7, 11) is -3.55. The second-order valence-corrected chi connectivity index (χ2v) is 8.70. The van der Waals surface area contributed by atoms with Crippen LogP contribution in [0.1, 0.15) is 41.5 Å². The van der Waals surface area contributed by atoms with Crippen molar-refractivity contribution in [1.29, 1.82) is 0 Å². The molecule has 0 rings (SSSR count). The number of aliphatic hydroxyl groups excluding tert-OH is 1. The maximum atomic E-state index is 13.0. The number of carboxylic acid groups (broad SMARTS) is 1. The van der Waals surface area contributed by atoms with Gasteiger partial charge in [-0.1, -0.05) is 0 Å². The van der Waals surface area contributed by atoms with Crippen LogP contribution in [0.5, 0.6) is 0 Å². The van der Waals surface area contributed by atoms with E-state index >= 15 is 0 Å². The maximum absolute atomic E-state index is 13.0. The number of nitrogens with zero attached hydrogens (tertiary/aromatic N) is 1. The Morgan fingerprint density at radius 1 is 1.10 bits per heavy atom. The van der Waals surface area contributed by atoms with Crippen LogP contribution in [0.4, 0.5) is 0 Å². The molecule has 0 fully saturated rings. The molecule has 0 spiro atoms. The molecule has 0 aliphatic rings. The van der Waals surface area contributed by atoms with Crippen LogP contribution in [-0.4, -0.2) is 58.3 Å². The smallest absolute Gasteiger partial charge is 0.345 e. The Labute approximate surface area is 126 Å². The fourth-order valence-electron chi connectivity index (χ4n) is 1.69. The third-order valence-corrected chi connectivity index (χ3v) is 4.37. The first-order valence-corrected chi connectivity index (χ1v) is 8.55. The molecule has 0 saturated carbocycles. The molecule has 0 aromatic heterocycles. The Morgan fingerprint density at radius 3 is 1.81 bits per heavy atom. The summed E-state index contributed by atoms with van der Waals surface area (Å²) in [6.45, 7) is 10.00. The molecule has 0 amide bonds. The van der Waals surface area contributed by atoms with Crippen LogP contribution in [0.3, 0.4) is 0 Å². The molecule has 0 radical (unpaired) electrons. The third kappa shape index (κ3) is 10.8. The molecule has 0 saturated heterocycles. The molecule has 2 N–H and O–H groups in total. The molecular formula is C13H28NO6P. The van der Waals surface area contributed by atoms with Crippen molar-refractivity contribution in [1.82, 2.24) is 4.90 Å². The van der Waals surface area contributed by atoms with Gasteiger partial charge >= 0.3 is 13.6 Å². The van der Waals surface area contributed by atoms with Gasteiger partial charge in [-0.2, -0.15) is 0 Å². The fraction of sp³-hybridized carbons (Fsp3) is 0.923. The molecule has 0 unspecified atom stereocenters. The minimum absolute atomic E-state index is 0.0807. The molecule has 0 atom stereocenters. The molecule has 0 aliphatic carbocycles. The molecule has 8 heteroatoms. The predicted molar refractivity (Wildman–Crippen MR) is 80.4 cm³/mol. The van der Waals surface area contributed by atoms with Gasteiger partial charge in [-0.3, -0.25) is 14.3 Å². The van der Waals surface area contributed by atoms with Crippen molar-refractivity contribution < 1.29 is 28.6 Å². The lowest BCUT2D eigenvalue weighted by molar-refractivity contribution is -0.138. The first-order valence-electron chi connectivity index (χ1n) is 6.82. The molecule has 21 heavy (non-hydrogen) atoms. The van der Waals surface area contributed by atoms with Gasteiger partial charge in [0.05, 0.1) is 24.4 Å². The molecule has 126 valence electrons. The lowest BCUT2D eigenvalue weighted by Crippen LogP contribution is -2.36. The minimum atomic E-state index is -3.55. The SMILES string of the molecule is CC(C)(C)OP(=O)(CN(CCO)CC(=O)O)OC(C)(C)C. The Balaban J connectivity index is 5.18. The predicted octanol–water partition coefficient (Wildman–Crippen LogP) is 2.15. The van der Waals surface area contributed by atoms with Gasteiger partial charge in [0.1, 0.15) is 6.29 Å². The normalized spacial score (nSPS) is 13.7. The summed E-state index contributed by atoms with van der Waals surface area (Å²) < 4.78 is 24.1. The van der Waals surface area contributed by atoms with E-state index in [2.05, 4.69) is 0 Å². The lowest BCUT2D eigenvalue weighted by Gasteiger charge is -2.34. The first-order chi connectivity index (χ1) is 9.26. The van der Waals surface area contributed by atoms with Crippen LogP contribution in [0.15, 0.2) is 0 Å². The number of aliphatic carboxylic acids is 1. The molecule has 0 bridgehead atoms. The van der Waals surface area contributed by atoms with Crippen molar-refractivity contribution in [2.45, 2.75) is 52.7 Å². The molecule has 7 nitrogen and oxygen atoms in total. The van der Waals surface area contributed by atoms with Crippen LogP contribution >= 0.6 is 7.60 Å². The van der Waals surface area contributed by atoms with Crippen LogP contribution < -0.4 is 0 Å². The summed E-state index contributed by atoms with van der Waals surface area (Å²) >= 11 is 0. The van der Waals surface area contributed by atoms with E-state index in [4.69, 9.17) is 19.3 Å². The van der Waals surface area contributed by atoms with Crippen molar-refractivity contribution in [3.63, 3.8) is 0 Å². The van der Waals surface area contributed by atoms with E-state index in [0.717, 1.165) is 0 Å². The number of hydrogen-bond donors (Lipinski definition) is 2. The molecule has 0 aliphatic heterocycles. The fourth-order valence-corrected chi connectivity index (χ4v) is 4.24. The second kappa shape index (κ2) is 7.70. The van der Waals surface area contributed by atoms with E-state index in [1.54, 1.807) is 41.5 Å². The number of rotatable bonds is 8. The highest BCUT2D eigenvalue weighted by atomic mass is 31.2. The summed E-state index contributed by atoms with van der Waals surface area (Å²) in [4.78, 5) is 12.2. The van der Waals surface area contributed by atoms with Gasteiger partial charge < -0.3 is 19.3 Å². The van der Waals surface area contributed by atoms with Crippen molar-refractivity contribution >= 4 is 13.6 Å². The molecule has 0 aromatic carbocycles. The number of aliphatic hydroxyl groups is 1. The van der Waals surface area contributed by atoms with E-state index in [1.165, 1.54) is 4.90 Å². The highest BCUT2D eigenvalue weighted by Crippen LogP contribution is 2.54. The van der Waals surface area contributed by atoms with Gasteiger partial charge in [0, 0.05) is 6.54 Å². The molecule has 0 aromatic rings. The Kier molecular flexibility index (Phi) is 7.53. The van der Waals surface area contributed by atoms with Gasteiger partial charge in [0.15, 0.2) is 0 Å². The van der Waals surface area contributed by atoms with Gasteiger partial charge in [0.25, 0.3) is 0 Å². The van der Waals surface area contributed by atoms with E-state index < -0.39 is 24.8 Å². The maximum Gasteiger partial charge on any atom is 0.345 e. The van der Waals surface area contributed by atoms with Crippen molar-refractivity contribution in [2.24, 2.45) is 0 Å². The lowest BCUT2D eigenvalue weighted by atomic mass is 10.2. The average Bonchev–Trinajstić information content (AvgIpc) is 2.08. The third-order valence-electron chi connectivity index (χ3n) is 1.97. The number of carbonyl (C=O) groups is 1. The van der Waals surface area contributed by atoms with Gasteiger partial charge in [-0.25, -0.2) is 0 Å². The van der Waals surface area contributed by atoms with E-state index in [9.17, 15) is 9.36 Å². The Morgan fingerprint density at radius 2 is 1.52 bits per heavy atom. The standard InChI is InChI=1S/C13H28NO6P/c1-12(2,3)19-21(18,20-13(4,5)6)10-14(7-8-15)9-11(16)17/h15H,7-10H2,1-6H3,(H,16,17). The van der Waals surface area contributed by atoms with Crippen LogP contribution in [0.2, 0.25) is 0 Å². The topological polar surface area (TPSA) is 96.3 Å². The van der Waals surface area contributed by atoms with Gasteiger partial charge in [-0.05, 0) is 41.5 Å². The van der Waals surface area contributed by atoms with Crippen LogP contribution in [-0.2, 0) is 18.4 Å². The quantitative estimate of drug-likeness (QED) is 0.660. The highest BCUT2D eigenvalue weighted by Gasteiger charge is 2.37. The summed E-state index contributed by atoms with van der Waals surface area (Å²) in [5.74, 6) is -1.07. The second-order valence-electron chi connectivity index (χ2n) is 6.83. The van der Waals surface area contributed by atoms with Crippen LogP contribution in [0, 0.1) is 0 Å². The van der Waals surface area contributed by atoms with E-state index in [0.29, 0.717) is 0 Å². The minimum Gasteiger partial charge on any atom is -0.480 e. The summed E-state index contributed by atoms with van der Waals surface area (Å²) in [5, 5.41) is 17.9. The van der Waals surface area contributed by atoms with Gasteiger partial charge in [0.2, 0.25) is 0 Å². The van der Waals surface area contributed by atoms with Crippen molar-refractivity contribution in [2.75, 3.05) is 26.0 Å². The monoisotopic (exact) mass is 325 g/mol. The molecular weight excluding hydrogens is 297 g/mol. The zero-order valence-corrected chi connectivity index (χ0v) is 14.6. The molecule has 0 heterocycles. The zero-order chi connectivity index (χ0) is 16.9. The summed E-state index contributed by atoms with van der Waals surface area (Å²) in [5.41, 5.74) is -1.40. The number of hydrogen-bond acceptors (Lipinski definition) is 6. The Hall–Kier alpha value is -0.460. The zero-order valence-electron chi connectivity index (χ0n) is 13.8. The largest absolute Gasteiger partial charge is 0.480 e. The summed E-state index contributed by atoms with van der Waals surface area (Å²) in [6, 6.07) is 0.